The normalized spacial score (nSPS) is 11.1. The number of ether oxygens (including phenoxy) is 1. The highest BCUT2D eigenvalue weighted by Gasteiger charge is 2.17. The van der Waals surface area contributed by atoms with E-state index in [1.807, 2.05) is 6.92 Å². The molecule has 1 N–H and O–H groups in total. The molecule has 3 rings (SSSR count). The lowest BCUT2D eigenvalue weighted by atomic mass is 10.1. The van der Waals surface area contributed by atoms with E-state index in [1.165, 1.54) is 17.5 Å². The second-order valence-corrected chi connectivity index (χ2v) is 6.23. The molecule has 140 valence electrons. The predicted octanol–water partition coefficient (Wildman–Crippen LogP) is 3.10. The molecule has 0 radical (unpaired) electrons. The molecule has 8 heteroatoms. The van der Waals surface area contributed by atoms with Crippen molar-refractivity contribution in [2.24, 2.45) is 0 Å². The third-order valence-corrected chi connectivity index (χ3v) is 4.38. The smallest absolute Gasteiger partial charge is 0.269 e. The minimum absolute atomic E-state index is 0.0172. The molecule has 1 amide bonds. The summed E-state index contributed by atoms with van der Waals surface area (Å²) in [4.78, 5) is 29.2. The van der Waals surface area contributed by atoms with Gasteiger partial charge in [0.05, 0.1) is 0 Å². The summed E-state index contributed by atoms with van der Waals surface area (Å²) >= 11 is 6.04. The second-order valence-electron chi connectivity index (χ2n) is 5.83. The van der Waals surface area contributed by atoms with Crippen LogP contribution in [0, 0.1) is 18.3 Å². The van der Waals surface area contributed by atoms with E-state index in [1.54, 1.807) is 48.7 Å². The molecule has 0 aliphatic heterocycles. The topological polar surface area (TPSA) is 96.5 Å². The molecule has 0 saturated carbocycles. The van der Waals surface area contributed by atoms with Crippen molar-refractivity contribution in [1.82, 2.24) is 14.7 Å². The lowest BCUT2D eigenvalue weighted by Gasteiger charge is -2.11. The van der Waals surface area contributed by atoms with Crippen molar-refractivity contribution in [1.29, 1.82) is 5.26 Å². The number of hydrogen-bond donors (Lipinski definition) is 1. The van der Waals surface area contributed by atoms with Crippen LogP contribution in [0.25, 0.3) is 11.7 Å². The van der Waals surface area contributed by atoms with Crippen molar-refractivity contribution in [2.45, 2.75) is 6.92 Å². The highest BCUT2D eigenvalue weighted by atomic mass is 35.5. The van der Waals surface area contributed by atoms with E-state index in [-0.39, 0.29) is 17.0 Å². The summed E-state index contributed by atoms with van der Waals surface area (Å²) < 4.78 is 7.13. The number of nitrogens with one attached hydrogen (secondary N) is 1. The molecule has 0 unspecified atom stereocenters. The van der Waals surface area contributed by atoms with Gasteiger partial charge in [-0.1, -0.05) is 17.7 Å². The average Bonchev–Trinajstić information content (AvgIpc) is 2.70. The number of nitriles is 1. The zero-order chi connectivity index (χ0) is 20.3. The van der Waals surface area contributed by atoms with Gasteiger partial charge in [-0.2, -0.15) is 10.2 Å². The van der Waals surface area contributed by atoms with Crippen LogP contribution in [0.2, 0.25) is 5.02 Å². The Balaban J connectivity index is 2.23. The van der Waals surface area contributed by atoms with Gasteiger partial charge in [0.1, 0.15) is 28.6 Å². The van der Waals surface area contributed by atoms with Crippen molar-refractivity contribution in [2.75, 3.05) is 7.05 Å². The number of likely N-dealkylation sites (N-methyl/N-ethyl adjacent to an activating group) is 1. The summed E-state index contributed by atoms with van der Waals surface area (Å²) in [6.45, 7) is 1.82. The number of carbonyl (C=O) groups excluding carboxylic acids is 1. The third kappa shape index (κ3) is 3.72. The molecule has 0 bridgehead atoms. The van der Waals surface area contributed by atoms with E-state index >= 15 is 0 Å². The fourth-order valence-corrected chi connectivity index (χ4v) is 2.62. The van der Waals surface area contributed by atoms with Crippen molar-refractivity contribution in [3.8, 4) is 17.7 Å². The number of nitrogens with zero attached hydrogens (tertiary/aromatic N) is 3. The number of rotatable bonds is 4. The molecule has 7 nitrogen and oxygen atoms in total. The van der Waals surface area contributed by atoms with E-state index in [0.29, 0.717) is 16.4 Å². The van der Waals surface area contributed by atoms with Crippen molar-refractivity contribution >= 4 is 29.2 Å². The van der Waals surface area contributed by atoms with E-state index in [0.717, 1.165) is 5.56 Å². The number of aryl methyl sites for hydroxylation is 1. The Kier molecular flexibility index (Phi) is 5.43. The molecule has 0 aliphatic rings. The van der Waals surface area contributed by atoms with Gasteiger partial charge in [-0.3, -0.25) is 14.0 Å². The Morgan fingerprint density at radius 3 is 2.82 bits per heavy atom. The first kappa shape index (κ1) is 19.1. The quantitative estimate of drug-likeness (QED) is 0.541. The lowest BCUT2D eigenvalue weighted by molar-refractivity contribution is -0.116. The summed E-state index contributed by atoms with van der Waals surface area (Å²) in [5.74, 6) is -0.217. The molecule has 2 aromatic heterocycles. The van der Waals surface area contributed by atoms with Crippen molar-refractivity contribution in [3.63, 3.8) is 0 Å². The van der Waals surface area contributed by atoms with Crippen LogP contribution in [0.15, 0.2) is 53.0 Å². The molecule has 0 spiro atoms. The zero-order valence-electron chi connectivity index (χ0n) is 15.1. The lowest BCUT2D eigenvalue weighted by Crippen LogP contribution is -2.22. The number of amides is 1. The van der Waals surface area contributed by atoms with Gasteiger partial charge in [0.25, 0.3) is 11.5 Å². The third-order valence-electron chi connectivity index (χ3n) is 3.96. The van der Waals surface area contributed by atoms with Crippen LogP contribution in [0.3, 0.4) is 0 Å². The minimum Gasteiger partial charge on any atom is -0.438 e. The van der Waals surface area contributed by atoms with E-state index in [2.05, 4.69) is 10.3 Å². The minimum atomic E-state index is -0.617. The number of carbonyl (C=O) groups is 1. The first-order valence-electron chi connectivity index (χ1n) is 8.24. The molecular weight excluding hydrogens is 380 g/mol. The Hall–Kier alpha value is -3.63. The number of hydrogen-bond acceptors (Lipinski definition) is 5. The fraction of sp³-hybridized carbons (Fsp3) is 0.100. The summed E-state index contributed by atoms with van der Waals surface area (Å²) in [7, 11) is 1.40. The number of halogens is 1. The number of fused-ring (bicyclic) bond motifs is 1. The van der Waals surface area contributed by atoms with E-state index in [4.69, 9.17) is 16.3 Å². The van der Waals surface area contributed by atoms with Crippen LogP contribution >= 0.6 is 11.6 Å². The molecule has 28 heavy (non-hydrogen) atoms. The van der Waals surface area contributed by atoms with Crippen molar-refractivity contribution < 1.29 is 9.53 Å². The Morgan fingerprint density at radius 2 is 2.14 bits per heavy atom. The highest BCUT2D eigenvalue weighted by Crippen LogP contribution is 2.27. The summed E-state index contributed by atoms with van der Waals surface area (Å²) in [6.07, 6.45) is 2.72. The largest absolute Gasteiger partial charge is 0.438 e. The van der Waals surface area contributed by atoms with E-state index in [9.17, 15) is 14.9 Å². The van der Waals surface area contributed by atoms with Gasteiger partial charge >= 0.3 is 0 Å². The maximum Gasteiger partial charge on any atom is 0.269 e. The molecule has 1 aromatic carbocycles. The van der Waals surface area contributed by atoms with Gasteiger partial charge in [0.15, 0.2) is 0 Å². The molecular formula is C20H15ClN4O3. The Labute approximate surface area is 165 Å². The maximum atomic E-state index is 13.0. The van der Waals surface area contributed by atoms with Gasteiger partial charge in [0.2, 0.25) is 5.88 Å². The second kappa shape index (κ2) is 7.94. The van der Waals surface area contributed by atoms with Crippen LogP contribution in [0.1, 0.15) is 11.1 Å². The van der Waals surface area contributed by atoms with Crippen LogP contribution in [-0.2, 0) is 4.79 Å². The first-order valence-corrected chi connectivity index (χ1v) is 8.61. The van der Waals surface area contributed by atoms with Crippen molar-refractivity contribution in [3.05, 3.63) is 74.7 Å². The molecule has 0 fully saturated rings. The monoisotopic (exact) mass is 394 g/mol. The SMILES string of the molecule is CNC(=O)/C(C#N)=C/c1c(Oc2ccc(Cl)c(C)c2)nc2ccccn2c1=O. The number of pyridine rings is 1. The van der Waals surface area contributed by atoms with Crippen LogP contribution in [0.4, 0.5) is 0 Å². The summed E-state index contributed by atoms with van der Waals surface area (Å²) in [6, 6.07) is 11.9. The predicted molar refractivity (Wildman–Crippen MR) is 105 cm³/mol. The maximum absolute atomic E-state index is 13.0. The van der Waals surface area contributed by atoms with Crippen LogP contribution in [-0.4, -0.2) is 22.3 Å². The molecule has 0 atom stereocenters. The van der Waals surface area contributed by atoms with Gasteiger partial charge in [-0.15, -0.1) is 0 Å². The van der Waals surface area contributed by atoms with Gasteiger partial charge in [0, 0.05) is 18.3 Å². The summed E-state index contributed by atoms with van der Waals surface area (Å²) in [5.41, 5.74) is 0.425. The number of aromatic nitrogens is 2. The average molecular weight is 395 g/mol. The molecule has 2 heterocycles. The Bertz CT molecular complexity index is 1210. The highest BCUT2D eigenvalue weighted by molar-refractivity contribution is 6.31. The fourth-order valence-electron chi connectivity index (χ4n) is 2.50. The van der Waals surface area contributed by atoms with Gasteiger partial charge < -0.3 is 10.1 Å². The molecule has 3 aromatic rings. The van der Waals surface area contributed by atoms with Crippen LogP contribution < -0.4 is 15.6 Å². The standard InChI is InChI=1S/C20H15ClN4O3/c1-12-9-14(6-7-16(12)21)28-19-15(10-13(11-22)18(26)23-2)20(27)25-8-4-3-5-17(25)24-19/h3-10H,1-2H3,(H,23,26)/b13-10+. The number of benzene rings is 1. The van der Waals surface area contributed by atoms with Crippen LogP contribution in [0.5, 0.6) is 11.6 Å². The summed E-state index contributed by atoms with van der Waals surface area (Å²) in [5, 5.41) is 12.2. The zero-order valence-corrected chi connectivity index (χ0v) is 15.8. The van der Waals surface area contributed by atoms with E-state index < -0.39 is 11.5 Å². The molecule has 0 aliphatic carbocycles. The molecule has 0 saturated heterocycles. The van der Waals surface area contributed by atoms with Gasteiger partial charge in [-0.05, 0) is 48.9 Å². The first-order chi connectivity index (χ1) is 13.4. The Morgan fingerprint density at radius 1 is 1.36 bits per heavy atom. The van der Waals surface area contributed by atoms with Gasteiger partial charge in [-0.25, -0.2) is 0 Å².